The number of aryl methyl sites for hydroxylation is 2. The number of hydrogen-bond donors (Lipinski definition) is 1. The van der Waals surface area contributed by atoms with E-state index >= 15 is 0 Å². The zero-order valence-corrected chi connectivity index (χ0v) is 14.8. The molecule has 2 aliphatic rings. The van der Waals surface area contributed by atoms with E-state index in [9.17, 15) is 4.79 Å². The van der Waals surface area contributed by atoms with E-state index in [0.29, 0.717) is 0 Å². The number of thiazole rings is 1. The molecule has 0 spiro atoms. The van der Waals surface area contributed by atoms with Crippen LogP contribution in [0, 0.1) is 5.41 Å². The summed E-state index contributed by atoms with van der Waals surface area (Å²) in [5.41, 5.74) is 1.04. The van der Waals surface area contributed by atoms with Gasteiger partial charge in [0.25, 0.3) is 0 Å². The number of nitrogens with one attached hydrogen (secondary N) is 1. The van der Waals surface area contributed by atoms with Crippen molar-refractivity contribution in [2.24, 2.45) is 5.41 Å². The average Bonchev–Trinajstić information content (AvgIpc) is 2.98. The molecule has 5 heteroatoms. The highest BCUT2D eigenvalue weighted by atomic mass is 32.1. The molecule has 1 atom stereocenters. The van der Waals surface area contributed by atoms with E-state index < -0.39 is 0 Å². The first-order chi connectivity index (χ1) is 10.4. The molecule has 0 aromatic carbocycles. The number of rotatable bonds is 3. The van der Waals surface area contributed by atoms with Crippen LogP contribution in [0.4, 0.5) is 0 Å². The van der Waals surface area contributed by atoms with Gasteiger partial charge in [-0.05, 0) is 38.6 Å². The maximum absolute atomic E-state index is 12.2. The Morgan fingerprint density at radius 2 is 2.18 bits per heavy atom. The van der Waals surface area contributed by atoms with E-state index in [1.807, 2.05) is 32.1 Å². The Kier molecular flexibility index (Phi) is 4.55. The molecule has 1 amide bonds. The number of amides is 1. The molecule has 2 heterocycles. The van der Waals surface area contributed by atoms with Crippen molar-refractivity contribution in [3.05, 3.63) is 15.6 Å². The summed E-state index contributed by atoms with van der Waals surface area (Å²) < 4.78 is 0. The van der Waals surface area contributed by atoms with Crippen LogP contribution in [0.25, 0.3) is 0 Å². The number of carbonyl (C=O) groups is 1. The predicted octanol–water partition coefficient (Wildman–Crippen LogP) is 2.76. The number of fused-ring (bicyclic) bond motifs is 1. The van der Waals surface area contributed by atoms with Crippen molar-refractivity contribution in [1.29, 1.82) is 0 Å². The largest absolute Gasteiger partial charge is 0.352 e. The van der Waals surface area contributed by atoms with Gasteiger partial charge in [0.15, 0.2) is 0 Å². The van der Waals surface area contributed by atoms with Crippen LogP contribution in [-0.4, -0.2) is 34.9 Å². The summed E-state index contributed by atoms with van der Waals surface area (Å²) in [7, 11) is 0. The quantitative estimate of drug-likeness (QED) is 0.931. The number of carbonyl (C=O) groups excluding carboxylic acids is 1. The summed E-state index contributed by atoms with van der Waals surface area (Å²) in [6.45, 7) is 8.93. The maximum atomic E-state index is 12.2. The Bertz CT molecular complexity index is 525. The molecule has 22 heavy (non-hydrogen) atoms. The van der Waals surface area contributed by atoms with Crippen LogP contribution in [0.5, 0.6) is 0 Å². The summed E-state index contributed by atoms with van der Waals surface area (Å²) in [6.07, 6.45) is 5.90. The van der Waals surface area contributed by atoms with E-state index in [1.165, 1.54) is 28.4 Å². The van der Waals surface area contributed by atoms with Gasteiger partial charge < -0.3 is 5.32 Å². The van der Waals surface area contributed by atoms with Gasteiger partial charge in [0.2, 0.25) is 5.91 Å². The van der Waals surface area contributed by atoms with Crippen LogP contribution in [0.2, 0.25) is 0 Å². The van der Waals surface area contributed by atoms with Gasteiger partial charge in [-0.3, -0.25) is 9.69 Å². The Hall–Kier alpha value is -0.940. The third-order valence-electron chi connectivity index (χ3n) is 4.52. The van der Waals surface area contributed by atoms with Crippen LogP contribution in [0.1, 0.15) is 55.6 Å². The smallest absolute Gasteiger partial charge is 0.225 e. The van der Waals surface area contributed by atoms with Crippen molar-refractivity contribution in [2.45, 2.75) is 65.5 Å². The van der Waals surface area contributed by atoms with Crippen LogP contribution < -0.4 is 5.32 Å². The molecule has 1 N–H and O–H groups in total. The molecule has 3 rings (SSSR count). The minimum absolute atomic E-state index is 0.160. The van der Waals surface area contributed by atoms with E-state index in [1.54, 1.807) is 0 Å². The molecular formula is C17H27N3OS. The first-order valence-corrected chi connectivity index (χ1v) is 9.24. The Labute approximate surface area is 137 Å². The summed E-state index contributed by atoms with van der Waals surface area (Å²) in [5.74, 6) is 0.160. The van der Waals surface area contributed by atoms with Gasteiger partial charge in [0.05, 0.1) is 12.2 Å². The van der Waals surface area contributed by atoms with Crippen LogP contribution in [0.3, 0.4) is 0 Å². The SMILES string of the molecule is CC(C)(C)C(=O)NC1CCCN(Cc2nc3c(s2)CCC3)C1. The van der Waals surface area contributed by atoms with Crippen molar-refractivity contribution in [3.8, 4) is 0 Å². The third kappa shape index (κ3) is 3.69. The van der Waals surface area contributed by atoms with Gasteiger partial charge in [0, 0.05) is 22.9 Å². The fourth-order valence-electron chi connectivity index (χ4n) is 3.22. The summed E-state index contributed by atoms with van der Waals surface area (Å²) in [4.78, 5) is 20.9. The molecule has 0 radical (unpaired) electrons. The molecule has 1 aliphatic carbocycles. The van der Waals surface area contributed by atoms with Crippen molar-refractivity contribution in [3.63, 3.8) is 0 Å². The third-order valence-corrected chi connectivity index (χ3v) is 5.66. The number of likely N-dealkylation sites (tertiary alicyclic amines) is 1. The highest BCUT2D eigenvalue weighted by molar-refractivity contribution is 7.11. The molecule has 4 nitrogen and oxygen atoms in total. The molecule has 0 saturated carbocycles. The highest BCUT2D eigenvalue weighted by Gasteiger charge is 2.27. The molecule has 1 aliphatic heterocycles. The van der Waals surface area contributed by atoms with Crippen molar-refractivity contribution in [1.82, 2.24) is 15.2 Å². The Balaban J connectivity index is 1.55. The van der Waals surface area contributed by atoms with E-state index in [0.717, 1.165) is 38.9 Å². The lowest BCUT2D eigenvalue weighted by Crippen LogP contribution is -2.50. The zero-order chi connectivity index (χ0) is 15.7. The molecular weight excluding hydrogens is 294 g/mol. The fraction of sp³-hybridized carbons (Fsp3) is 0.765. The molecule has 1 aromatic heterocycles. The number of piperidine rings is 1. The number of hydrogen-bond acceptors (Lipinski definition) is 4. The maximum Gasteiger partial charge on any atom is 0.225 e. The van der Waals surface area contributed by atoms with Gasteiger partial charge in [-0.1, -0.05) is 20.8 Å². The van der Waals surface area contributed by atoms with Crippen LogP contribution in [-0.2, 0) is 24.2 Å². The lowest BCUT2D eigenvalue weighted by molar-refractivity contribution is -0.129. The van der Waals surface area contributed by atoms with Crippen molar-refractivity contribution in [2.75, 3.05) is 13.1 Å². The van der Waals surface area contributed by atoms with Gasteiger partial charge in [-0.15, -0.1) is 11.3 Å². The standard InChI is InChI=1S/C17H27N3OS/c1-17(2,3)16(21)18-12-6-5-9-20(10-12)11-15-19-13-7-4-8-14(13)22-15/h12H,4-11H2,1-3H3,(H,18,21). The Morgan fingerprint density at radius 3 is 2.91 bits per heavy atom. The molecule has 1 fully saturated rings. The van der Waals surface area contributed by atoms with Gasteiger partial charge >= 0.3 is 0 Å². The molecule has 1 aromatic rings. The van der Waals surface area contributed by atoms with Gasteiger partial charge in [-0.2, -0.15) is 0 Å². The number of nitrogens with zero attached hydrogens (tertiary/aromatic N) is 2. The van der Waals surface area contributed by atoms with E-state index in [4.69, 9.17) is 4.98 Å². The topological polar surface area (TPSA) is 45.2 Å². The second-order valence-electron chi connectivity index (χ2n) is 7.63. The summed E-state index contributed by atoms with van der Waals surface area (Å²) in [6, 6.07) is 0.285. The van der Waals surface area contributed by atoms with Gasteiger partial charge in [-0.25, -0.2) is 4.98 Å². The summed E-state index contributed by atoms with van der Waals surface area (Å²) >= 11 is 1.89. The minimum atomic E-state index is -0.307. The van der Waals surface area contributed by atoms with Crippen molar-refractivity contribution >= 4 is 17.2 Å². The first kappa shape index (κ1) is 15.9. The molecule has 1 saturated heterocycles. The first-order valence-electron chi connectivity index (χ1n) is 8.42. The van der Waals surface area contributed by atoms with Crippen molar-refractivity contribution < 1.29 is 4.79 Å². The van der Waals surface area contributed by atoms with E-state index in [2.05, 4.69) is 10.2 Å². The lowest BCUT2D eigenvalue weighted by atomic mass is 9.94. The summed E-state index contributed by atoms with van der Waals surface area (Å²) in [5, 5.41) is 4.47. The average molecular weight is 321 g/mol. The van der Waals surface area contributed by atoms with Crippen LogP contribution >= 0.6 is 11.3 Å². The second-order valence-corrected chi connectivity index (χ2v) is 8.80. The lowest BCUT2D eigenvalue weighted by Gasteiger charge is -2.34. The predicted molar refractivity (Wildman–Crippen MR) is 90.0 cm³/mol. The molecule has 0 bridgehead atoms. The highest BCUT2D eigenvalue weighted by Crippen LogP contribution is 2.28. The Morgan fingerprint density at radius 1 is 1.36 bits per heavy atom. The van der Waals surface area contributed by atoms with Crippen LogP contribution in [0.15, 0.2) is 0 Å². The molecule has 122 valence electrons. The molecule has 1 unspecified atom stereocenters. The number of aromatic nitrogens is 1. The van der Waals surface area contributed by atoms with Gasteiger partial charge in [0.1, 0.15) is 5.01 Å². The zero-order valence-electron chi connectivity index (χ0n) is 13.9. The normalized spacial score (nSPS) is 22.6. The second kappa shape index (κ2) is 6.28. The fourth-order valence-corrected chi connectivity index (χ4v) is 4.42. The van der Waals surface area contributed by atoms with E-state index in [-0.39, 0.29) is 17.4 Å². The minimum Gasteiger partial charge on any atom is -0.352 e. The monoisotopic (exact) mass is 321 g/mol.